The molecule has 10 nitrogen and oxygen atoms in total. The van der Waals surface area contributed by atoms with Crippen LogP contribution in [0.5, 0.6) is 11.5 Å². The van der Waals surface area contributed by atoms with E-state index in [9.17, 15) is 14.4 Å². The Morgan fingerprint density at radius 1 is 1.06 bits per heavy atom. The van der Waals surface area contributed by atoms with Crippen molar-refractivity contribution >= 4 is 34.9 Å². The van der Waals surface area contributed by atoms with E-state index in [1.165, 1.54) is 4.90 Å². The lowest BCUT2D eigenvalue weighted by Crippen LogP contribution is -2.40. The van der Waals surface area contributed by atoms with E-state index < -0.39 is 11.8 Å². The molecule has 4 rings (SSSR count). The molecule has 1 aliphatic rings. The number of hydrogen-bond donors (Lipinski definition) is 3. The molecule has 2 heterocycles. The maximum absolute atomic E-state index is 13.3. The number of nitrogen functional groups attached to an aromatic ring is 1. The van der Waals surface area contributed by atoms with Gasteiger partial charge in [-0.2, -0.15) is 4.37 Å². The smallest absolute Gasteiger partial charge is 0.270 e. The zero-order valence-corrected chi connectivity index (χ0v) is 18.3. The second-order valence-electron chi connectivity index (χ2n) is 7.25. The summed E-state index contributed by atoms with van der Waals surface area (Å²) >= 11 is 0.765. The normalized spacial score (nSPS) is 11.8. The summed E-state index contributed by atoms with van der Waals surface area (Å²) in [5.74, 6) is -0.557. The molecule has 5 N–H and O–H groups in total. The predicted molar refractivity (Wildman–Crippen MR) is 121 cm³/mol. The number of nitrogens with two attached hydrogens (primary N) is 2. The molecule has 33 heavy (non-hydrogen) atoms. The topological polar surface area (TPSA) is 150 Å². The van der Waals surface area contributed by atoms with E-state index in [4.69, 9.17) is 20.9 Å². The molecule has 0 saturated carbocycles. The van der Waals surface area contributed by atoms with Gasteiger partial charge in [0.2, 0.25) is 12.7 Å². The number of amides is 3. The van der Waals surface area contributed by atoms with Crippen LogP contribution in [0.3, 0.4) is 0 Å². The van der Waals surface area contributed by atoms with Gasteiger partial charge in [-0.1, -0.05) is 36.4 Å². The van der Waals surface area contributed by atoms with Crippen molar-refractivity contribution < 1.29 is 23.9 Å². The molecule has 170 valence electrons. The van der Waals surface area contributed by atoms with E-state index in [-0.39, 0.29) is 42.0 Å². The summed E-state index contributed by atoms with van der Waals surface area (Å²) in [5, 5.41) is 2.81. The van der Waals surface area contributed by atoms with Gasteiger partial charge in [0.15, 0.2) is 17.2 Å². The molecule has 0 aliphatic carbocycles. The predicted octanol–water partition coefficient (Wildman–Crippen LogP) is 1.51. The Morgan fingerprint density at radius 2 is 1.82 bits per heavy atom. The van der Waals surface area contributed by atoms with Crippen LogP contribution in [0.1, 0.15) is 31.3 Å². The van der Waals surface area contributed by atoms with Crippen molar-refractivity contribution in [1.82, 2.24) is 14.6 Å². The van der Waals surface area contributed by atoms with Crippen molar-refractivity contribution in [3.63, 3.8) is 0 Å². The van der Waals surface area contributed by atoms with Crippen LogP contribution in [0.25, 0.3) is 0 Å². The Labute approximate surface area is 193 Å². The minimum Gasteiger partial charge on any atom is -0.454 e. The molecule has 1 aliphatic heterocycles. The summed E-state index contributed by atoms with van der Waals surface area (Å²) in [6, 6.07) is 14.7. The molecule has 2 aromatic carbocycles. The molecule has 0 radical (unpaired) electrons. The number of carbonyl (C=O) groups excluding carboxylic acids is 3. The number of hydrogen-bond acceptors (Lipinski definition) is 8. The fourth-order valence-corrected chi connectivity index (χ4v) is 4.03. The van der Waals surface area contributed by atoms with Crippen LogP contribution in [0.4, 0.5) is 5.69 Å². The summed E-state index contributed by atoms with van der Waals surface area (Å²) in [6.45, 7) is 0.303. The third-order valence-electron chi connectivity index (χ3n) is 4.92. The van der Waals surface area contributed by atoms with Crippen LogP contribution in [0.2, 0.25) is 0 Å². The number of benzene rings is 2. The van der Waals surface area contributed by atoms with Crippen LogP contribution < -0.4 is 26.3 Å². The van der Waals surface area contributed by atoms with Crippen LogP contribution >= 0.6 is 11.5 Å². The van der Waals surface area contributed by atoms with E-state index in [1.54, 1.807) is 18.2 Å². The van der Waals surface area contributed by atoms with Crippen molar-refractivity contribution in [1.29, 1.82) is 0 Å². The molecule has 0 atom stereocenters. The first-order valence-electron chi connectivity index (χ1n) is 9.95. The van der Waals surface area contributed by atoms with Crippen molar-refractivity contribution in [2.24, 2.45) is 5.73 Å². The molecule has 0 saturated heterocycles. The molecule has 0 fully saturated rings. The van der Waals surface area contributed by atoms with Crippen molar-refractivity contribution in [3.8, 4) is 11.5 Å². The van der Waals surface area contributed by atoms with Gasteiger partial charge in [0.25, 0.3) is 11.8 Å². The number of rotatable bonds is 8. The van der Waals surface area contributed by atoms with Gasteiger partial charge >= 0.3 is 0 Å². The molecule has 3 aromatic rings. The summed E-state index contributed by atoms with van der Waals surface area (Å²) in [6.07, 6.45) is 0. The van der Waals surface area contributed by atoms with Gasteiger partial charge in [0.1, 0.15) is 11.4 Å². The standard InChI is InChI=1S/C22H21N5O5S/c23-18-19(21(24)29)26-33-20(18)22(30)27(10-14-6-7-15-16(8-14)32-12-31-15)11-17(28)25-9-13-4-2-1-3-5-13/h1-8H,9-12,23H2,(H2,24,29)(H,25,28). The first kappa shape index (κ1) is 22.1. The zero-order valence-electron chi connectivity index (χ0n) is 17.4. The monoisotopic (exact) mass is 467 g/mol. The number of anilines is 1. The highest BCUT2D eigenvalue weighted by molar-refractivity contribution is 7.09. The number of carbonyl (C=O) groups is 3. The Kier molecular flexibility index (Phi) is 6.41. The van der Waals surface area contributed by atoms with Crippen molar-refractivity contribution in [3.05, 3.63) is 70.2 Å². The Morgan fingerprint density at radius 3 is 2.55 bits per heavy atom. The Bertz CT molecular complexity index is 1200. The van der Waals surface area contributed by atoms with Crippen LogP contribution in [-0.4, -0.2) is 40.3 Å². The third-order valence-corrected chi connectivity index (χ3v) is 5.77. The fraction of sp³-hybridized carbons (Fsp3) is 0.182. The maximum atomic E-state index is 13.3. The van der Waals surface area contributed by atoms with E-state index in [0.717, 1.165) is 22.7 Å². The van der Waals surface area contributed by atoms with Crippen LogP contribution in [0.15, 0.2) is 48.5 Å². The van der Waals surface area contributed by atoms with Crippen molar-refractivity contribution in [2.75, 3.05) is 19.1 Å². The quantitative estimate of drug-likeness (QED) is 0.454. The fourth-order valence-electron chi connectivity index (χ4n) is 3.26. The second-order valence-corrected chi connectivity index (χ2v) is 8.02. The first-order chi connectivity index (χ1) is 15.9. The Hall–Kier alpha value is -4.12. The van der Waals surface area contributed by atoms with Gasteiger partial charge in [-0.3, -0.25) is 14.4 Å². The first-order valence-corrected chi connectivity index (χ1v) is 10.7. The minimum absolute atomic E-state index is 0.0420. The summed E-state index contributed by atoms with van der Waals surface area (Å²) in [4.78, 5) is 38.8. The van der Waals surface area contributed by atoms with Crippen molar-refractivity contribution in [2.45, 2.75) is 13.1 Å². The molecule has 1 aromatic heterocycles. The largest absolute Gasteiger partial charge is 0.454 e. The average molecular weight is 468 g/mol. The minimum atomic E-state index is -0.828. The number of ether oxygens (including phenoxy) is 2. The van der Waals surface area contributed by atoms with E-state index in [0.29, 0.717) is 18.0 Å². The van der Waals surface area contributed by atoms with Crippen LogP contribution in [-0.2, 0) is 17.9 Å². The van der Waals surface area contributed by atoms with E-state index >= 15 is 0 Å². The van der Waals surface area contributed by atoms with Gasteiger partial charge in [-0.15, -0.1) is 0 Å². The molecular weight excluding hydrogens is 446 g/mol. The van der Waals surface area contributed by atoms with Gasteiger partial charge in [-0.05, 0) is 34.8 Å². The number of aromatic nitrogens is 1. The SMILES string of the molecule is NC(=O)c1nsc(C(=O)N(CC(=O)NCc2ccccc2)Cc2ccc3c(c2)OCO3)c1N. The summed E-state index contributed by atoms with van der Waals surface area (Å²) < 4.78 is 14.6. The van der Waals surface area contributed by atoms with Gasteiger partial charge in [0, 0.05) is 13.1 Å². The second kappa shape index (κ2) is 9.57. The summed E-state index contributed by atoms with van der Waals surface area (Å²) in [7, 11) is 0. The maximum Gasteiger partial charge on any atom is 0.270 e. The molecule has 3 amide bonds. The number of nitrogens with zero attached hydrogens (tertiary/aromatic N) is 2. The number of primary amides is 1. The lowest BCUT2D eigenvalue weighted by Gasteiger charge is -2.22. The average Bonchev–Trinajstić information content (AvgIpc) is 3.43. The third kappa shape index (κ3) is 5.04. The lowest BCUT2D eigenvalue weighted by atomic mass is 10.1. The molecule has 0 unspecified atom stereocenters. The molecule has 0 spiro atoms. The highest BCUT2D eigenvalue weighted by Gasteiger charge is 2.27. The van der Waals surface area contributed by atoms with E-state index in [1.807, 2.05) is 30.3 Å². The number of nitrogens with one attached hydrogen (secondary N) is 1. The highest BCUT2D eigenvalue weighted by atomic mass is 32.1. The molecular formula is C22H21N5O5S. The van der Waals surface area contributed by atoms with Crippen LogP contribution in [0, 0.1) is 0 Å². The Balaban J connectivity index is 1.54. The molecule has 0 bridgehead atoms. The highest BCUT2D eigenvalue weighted by Crippen LogP contribution is 2.33. The van der Waals surface area contributed by atoms with E-state index in [2.05, 4.69) is 9.69 Å². The molecule has 11 heteroatoms. The lowest BCUT2D eigenvalue weighted by molar-refractivity contribution is -0.122. The summed E-state index contributed by atoms with van der Waals surface area (Å²) in [5.41, 5.74) is 12.6. The van der Waals surface area contributed by atoms with Gasteiger partial charge in [0.05, 0.1) is 5.69 Å². The van der Waals surface area contributed by atoms with Gasteiger partial charge in [-0.25, -0.2) is 0 Å². The van der Waals surface area contributed by atoms with Gasteiger partial charge < -0.3 is 31.2 Å². The number of fused-ring (bicyclic) bond motifs is 1. The zero-order chi connectivity index (χ0) is 23.4.